The zero-order valence-electron chi connectivity index (χ0n) is 36.3. The maximum Gasteiger partial charge on any atom is 0.311 e. The molecule has 0 aromatic heterocycles. The van der Waals surface area contributed by atoms with E-state index in [1.165, 1.54) is 27.9 Å². The zero-order valence-corrected chi connectivity index (χ0v) is 36.3. The summed E-state index contributed by atoms with van der Waals surface area (Å²) in [5, 5.41) is 23.0. The molecule has 3 aliphatic rings. The predicted octanol–water partition coefficient (Wildman–Crippen LogP) is 3.81. The van der Waals surface area contributed by atoms with Crippen LogP contribution in [0.1, 0.15) is 109 Å². The van der Waals surface area contributed by atoms with Gasteiger partial charge in [0.15, 0.2) is 24.8 Å². The SMILES string of the molecule is CC[C@H]1OC(=O)[C@H](C)[C@@H](O[C@H]2C[C@@](C)(O)[C@@H](OC(C)=O)[C@H](C)O2)[C@H](C)[C@@H](O[C@@H]2O[C@H](C)C[C@H](N(C)C)[C@H]2OC(C)=O)[C@](C)(OC)C[C@@H](C)C(=O)[C@H](C)[C@@H](O)[C@H]1C. The molecular formula is C41H71NO14. The van der Waals surface area contributed by atoms with Gasteiger partial charge in [-0.15, -0.1) is 0 Å². The minimum atomic E-state index is -1.56. The number of ether oxygens (including phenoxy) is 8. The van der Waals surface area contributed by atoms with E-state index in [0.29, 0.717) is 12.8 Å². The minimum absolute atomic E-state index is 0.111. The van der Waals surface area contributed by atoms with E-state index in [9.17, 15) is 29.4 Å². The van der Waals surface area contributed by atoms with Gasteiger partial charge >= 0.3 is 17.9 Å². The van der Waals surface area contributed by atoms with Gasteiger partial charge in [0.25, 0.3) is 0 Å². The average Bonchev–Trinajstić information content (AvgIpc) is 3.11. The van der Waals surface area contributed by atoms with Crippen LogP contribution in [-0.2, 0) is 57.1 Å². The zero-order chi connectivity index (χ0) is 42.6. The molecule has 56 heavy (non-hydrogen) atoms. The second-order valence-corrected chi connectivity index (χ2v) is 17.4. The summed E-state index contributed by atoms with van der Waals surface area (Å²) in [4.78, 5) is 54.7. The molecule has 3 heterocycles. The van der Waals surface area contributed by atoms with Gasteiger partial charge in [0.2, 0.25) is 0 Å². The van der Waals surface area contributed by atoms with Gasteiger partial charge in [-0.25, -0.2) is 0 Å². The van der Waals surface area contributed by atoms with Crippen molar-refractivity contribution in [2.45, 2.75) is 187 Å². The molecule has 0 aliphatic carbocycles. The molecule has 0 amide bonds. The summed E-state index contributed by atoms with van der Waals surface area (Å²) in [5.74, 6) is -5.61. The average molecular weight is 802 g/mol. The quantitative estimate of drug-likeness (QED) is 0.253. The molecule has 18 atom stereocenters. The van der Waals surface area contributed by atoms with Gasteiger partial charge in [0.05, 0.1) is 48.1 Å². The number of carbonyl (C=O) groups excluding carboxylic acids is 4. The summed E-state index contributed by atoms with van der Waals surface area (Å²) in [7, 11) is 5.28. The van der Waals surface area contributed by atoms with Crippen molar-refractivity contribution in [3.63, 3.8) is 0 Å². The number of rotatable bonds is 9. The Bertz CT molecular complexity index is 1340. The van der Waals surface area contributed by atoms with Gasteiger partial charge in [-0.3, -0.25) is 19.2 Å². The first kappa shape index (κ1) is 48.1. The molecular weight excluding hydrogens is 730 g/mol. The number of hydrogen-bond donors (Lipinski definition) is 2. The third kappa shape index (κ3) is 11.3. The van der Waals surface area contributed by atoms with Crippen molar-refractivity contribution in [1.29, 1.82) is 0 Å². The number of ketones is 1. The molecule has 0 radical (unpaired) electrons. The number of likely N-dealkylation sites (N-methyl/N-ethyl adjacent to an activating group) is 1. The Kier molecular flexibility index (Phi) is 16.9. The molecule has 0 unspecified atom stereocenters. The van der Waals surface area contributed by atoms with E-state index < -0.39 is 114 Å². The van der Waals surface area contributed by atoms with E-state index in [1.54, 1.807) is 34.6 Å². The molecule has 0 bridgehead atoms. The van der Waals surface area contributed by atoms with Gasteiger partial charge in [0.1, 0.15) is 17.5 Å². The number of esters is 3. The van der Waals surface area contributed by atoms with Gasteiger partial charge < -0.3 is 53.0 Å². The van der Waals surface area contributed by atoms with Crippen LogP contribution in [0.15, 0.2) is 0 Å². The third-order valence-electron chi connectivity index (χ3n) is 12.3. The molecule has 0 saturated carbocycles. The molecule has 324 valence electrons. The number of methoxy groups -OCH3 is 1. The van der Waals surface area contributed by atoms with Crippen LogP contribution in [0.25, 0.3) is 0 Å². The highest BCUT2D eigenvalue weighted by atomic mass is 16.7. The normalized spacial score (nSPS) is 44.8. The van der Waals surface area contributed by atoms with Crippen LogP contribution in [-0.4, -0.2) is 139 Å². The molecule has 3 aliphatic heterocycles. The number of nitrogens with zero attached hydrogens (tertiary/aromatic N) is 1. The van der Waals surface area contributed by atoms with Crippen LogP contribution in [0.2, 0.25) is 0 Å². The smallest absolute Gasteiger partial charge is 0.311 e. The number of aliphatic hydroxyl groups is 2. The lowest BCUT2D eigenvalue weighted by Crippen LogP contribution is -2.61. The summed E-state index contributed by atoms with van der Waals surface area (Å²) >= 11 is 0. The fourth-order valence-corrected chi connectivity index (χ4v) is 9.04. The summed E-state index contributed by atoms with van der Waals surface area (Å²) in [5.41, 5.74) is -2.83. The van der Waals surface area contributed by atoms with Crippen molar-refractivity contribution in [3.8, 4) is 0 Å². The van der Waals surface area contributed by atoms with E-state index in [4.69, 9.17) is 37.9 Å². The van der Waals surface area contributed by atoms with Gasteiger partial charge in [-0.2, -0.15) is 0 Å². The van der Waals surface area contributed by atoms with Crippen molar-refractivity contribution < 1.29 is 67.3 Å². The largest absolute Gasteiger partial charge is 0.462 e. The summed E-state index contributed by atoms with van der Waals surface area (Å²) < 4.78 is 50.1. The molecule has 3 saturated heterocycles. The molecule has 2 N–H and O–H groups in total. The number of hydrogen-bond acceptors (Lipinski definition) is 15. The molecule has 3 rings (SSSR count). The van der Waals surface area contributed by atoms with E-state index >= 15 is 0 Å². The van der Waals surface area contributed by atoms with E-state index in [-0.39, 0.29) is 30.8 Å². The van der Waals surface area contributed by atoms with Crippen molar-refractivity contribution in [3.05, 3.63) is 0 Å². The Morgan fingerprint density at radius 3 is 1.98 bits per heavy atom. The molecule has 0 aromatic carbocycles. The van der Waals surface area contributed by atoms with Crippen LogP contribution in [0.5, 0.6) is 0 Å². The lowest BCUT2D eigenvalue weighted by Gasteiger charge is -2.50. The van der Waals surface area contributed by atoms with E-state index in [1.807, 2.05) is 46.7 Å². The van der Waals surface area contributed by atoms with Crippen molar-refractivity contribution in [1.82, 2.24) is 4.90 Å². The molecule has 15 heteroatoms. The maximum absolute atomic E-state index is 14.3. The summed E-state index contributed by atoms with van der Waals surface area (Å²) in [6.45, 7) is 20.1. The fourth-order valence-electron chi connectivity index (χ4n) is 9.04. The van der Waals surface area contributed by atoms with E-state index in [0.717, 1.165) is 0 Å². The Hall–Kier alpha value is -2.24. The third-order valence-corrected chi connectivity index (χ3v) is 12.3. The number of aliphatic hydroxyl groups excluding tert-OH is 1. The standard InChI is InChI=1S/C41H71NO14/c1-16-30-22(4)33(46)23(5)32(45)20(2)18-41(12,49-15)36(56-39-35(52-27(9)43)29(42(13)14)17-21(3)50-39)24(6)34(25(7)38(47)54-30)55-31-19-40(11,48)37(26(8)51-31)53-28(10)44/h20-26,29-31,33-37,39,46,48H,16-19H2,1-15H3/t20-,21-,22+,23+,24+,25-,26+,29+,30-,31+,33+,34+,35-,36-,37+,39+,40-,41-/m1/s1. The number of cyclic esters (lactones) is 1. The molecule has 0 spiro atoms. The highest BCUT2D eigenvalue weighted by Crippen LogP contribution is 2.41. The first-order valence-electron chi connectivity index (χ1n) is 20.2. The van der Waals surface area contributed by atoms with Crippen molar-refractivity contribution in [2.75, 3.05) is 21.2 Å². The monoisotopic (exact) mass is 801 g/mol. The molecule has 3 fully saturated rings. The molecule has 15 nitrogen and oxygen atoms in total. The summed E-state index contributed by atoms with van der Waals surface area (Å²) in [6, 6.07) is -0.281. The van der Waals surface area contributed by atoms with Crippen molar-refractivity contribution >= 4 is 23.7 Å². The highest BCUT2D eigenvalue weighted by Gasteiger charge is 2.53. The second kappa shape index (κ2) is 19.7. The number of carbonyl (C=O) groups is 4. The number of Topliss-reactive ketones (excluding diaryl/α,β-unsaturated/α-hetero) is 1. The predicted molar refractivity (Wildman–Crippen MR) is 204 cm³/mol. The Morgan fingerprint density at radius 1 is 0.857 bits per heavy atom. The first-order valence-corrected chi connectivity index (χ1v) is 20.2. The summed E-state index contributed by atoms with van der Waals surface area (Å²) in [6.07, 6.45) is -8.03. The second-order valence-electron chi connectivity index (χ2n) is 17.4. The Balaban J connectivity index is 2.24. The topological polar surface area (TPSA) is 186 Å². The van der Waals surface area contributed by atoms with Crippen LogP contribution >= 0.6 is 0 Å². The van der Waals surface area contributed by atoms with Crippen LogP contribution in [0, 0.1) is 29.6 Å². The molecule has 0 aromatic rings. The maximum atomic E-state index is 14.3. The van der Waals surface area contributed by atoms with Crippen LogP contribution in [0.4, 0.5) is 0 Å². The van der Waals surface area contributed by atoms with Crippen LogP contribution < -0.4 is 0 Å². The Labute approximate surface area is 333 Å². The fraction of sp³-hybridized carbons (Fsp3) is 0.902. The van der Waals surface area contributed by atoms with Gasteiger partial charge in [0, 0.05) is 51.0 Å². The minimum Gasteiger partial charge on any atom is -0.462 e. The lowest BCUT2D eigenvalue weighted by molar-refractivity contribution is -0.319. The lowest BCUT2D eigenvalue weighted by atomic mass is 9.74. The van der Waals surface area contributed by atoms with Crippen LogP contribution in [0.3, 0.4) is 0 Å². The van der Waals surface area contributed by atoms with Gasteiger partial charge in [-0.1, -0.05) is 34.6 Å². The Morgan fingerprint density at radius 2 is 1.46 bits per heavy atom. The highest BCUT2D eigenvalue weighted by molar-refractivity contribution is 5.83. The van der Waals surface area contributed by atoms with E-state index in [2.05, 4.69) is 0 Å². The van der Waals surface area contributed by atoms with Gasteiger partial charge in [-0.05, 0) is 68.0 Å². The first-order chi connectivity index (χ1) is 25.9. The van der Waals surface area contributed by atoms with Crippen molar-refractivity contribution in [2.24, 2.45) is 29.6 Å².